The Bertz CT molecular complexity index is 584. The number of rotatable bonds is 2. The first-order chi connectivity index (χ1) is 9.04. The summed E-state index contributed by atoms with van der Waals surface area (Å²) < 4.78 is 29.8. The van der Waals surface area contributed by atoms with Crippen molar-refractivity contribution in [2.24, 2.45) is 0 Å². The van der Waals surface area contributed by atoms with Crippen molar-refractivity contribution in [2.75, 3.05) is 37.5 Å². The molecule has 2 aliphatic heterocycles. The minimum Gasteiger partial charge on any atom is -0.378 e. The molecule has 104 valence electrons. The second-order valence-electron chi connectivity index (χ2n) is 4.77. The van der Waals surface area contributed by atoms with Crippen LogP contribution in [0.15, 0.2) is 6.20 Å². The van der Waals surface area contributed by atoms with Crippen molar-refractivity contribution < 1.29 is 13.2 Å². The van der Waals surface area contributed by atoms with E-state index in [-0.39, 0.29) is 0 Å². The number of anilines is 1. The van der Waals surface area contributed by atoms with Crippen LogP contribution < -0.4 is 4.90 Å². The SMILES string of the molecule is CS(=O)(=O)N1Cc2cnc(N3CCOCC3)nc2C1. The quantitative estimate of drug-likeness (QED) is 0.735. The molecule has 0 unspecified atom stereocenters. The number of sulfonamides is 1. The fourth-order valence-corrected chi connectivity index (χ4v) is 2.99. The fraction of sp³-hybridized carbons (Fsp3) is 0.636. The molecule has 7 nitrogen and oxygen atoms in total. The number of aromatic nitrogens is 2. The van der Waals surface area contributed by atoms with E-state index in [0.717, 1.165) is 24.3 Å². The third-order valence-corrected chi connectivity index (χ3v) is 4.57. The van der Waals surface area contributed by atoms with Gasteiger partial charge in [0.05, 0.1) is 31.7 Å². The summed E-state index contributed by atoms with van der Waals surface area (Å²) in [7, 11) is -3.18. The van der Waals surface area contributed by atoms with Gasteiger partial charge < -0.3 is 9.64 Å². The number of hydrogen-bond donors (Lipinski definition) is 0. The Morgan fingerprint density at radius 1 is 1.26 bits per heavy atom. The van der Waals surface area contributed by atoms with Crippen LogP contribution in [0.25, 0.3) is 0 Å². The number of morpholine rings is 1. The molecule has 3 heterocycles. The molecule has 8 heteroatoms. The van der Waals surface area contributed by atoms with E-state index in [1.807, 2.05) is 0 Å². The first-order valence-electron chi connectivity index (χ1n) is 6.16. The van der Waals surface area contributed by atoms with E-state index in [9.17, 15) is 8.42 Å². The van der Waals surface area contributed by atoms with E-state index in [1.54, 1.807) is 6.20 Å². The summed E-state index contributed by atoms with van der Waals surface area (Å²) in [4.78, 5) is 10.9. The van der Waals surface area contributed by atoms with Crippen molar-refractivity contribution >= 4 is 16.0 Å². The van der Waals surface area contributed by atoms with Crippen LogP contribution in [0.4, 0.5) is 5.95 Å². The molecular formula is C11H16N4O3S. The van der Waals surface area contributed by atoms with Crippen LogP contribution in [0.2, 0.25) is 0 Å². The molecule has 0 aromatic carbocycles. The fourth-order valence-electron chi connectivity index (χ4n) is 2.26. The van der Waals surface area contributed by atoms with E-state index < -0.39 is 10.0 Å². The highest BCUT2D eigenvalue weighted by atomic mass is 32.2. The molecule has 0 spiro atoms. The zero-order valence-electron chi connectivity index (χ0n) is 10.7. The minimum absolute atomic E-state index is 0.341. The van der Waals surface area contributed by atoms with Gasteiger partial charge in [-0.15, -0.1) is 0 Å². The summed E-state index contributed by atoms with van der Waals surface area (Å²) in [5, 5.41) is 0. The molecule has 1 aromatic rings. The van der Waals surface area contributed by atoms with E-state index >= 15 is 0 Å². The smallest absolute Gasteiger partial charge is 0.225 e. The third-order valence-electron chi connectivity index (χ3n) is 3.38. The maximum absolute atomic E-state index is 11.5. The maximum atomic E-state index is 11.5. The Hall–Kier alpha value is -1.25. The first-order valence-corrected chi connectivity index (χ1v) is 8.01. The average molecular weight is 284 g/mol. The molecule has 0 atom stereocenters. The second kappa shape index (κ2) is 4.69. The number of nitrogens with zero attached hydrogens (tertiary/aromatic N) is 4. The molecule has 0 N–H and O–H groups in total. The highest BCUT2D eigenvalue weighted by Crippen LogP contribution is 2.24. The van der Waals surface area contributed by atoms with Gasteiger partial charge in [-0.1, -0.05) is 0 Å². The first kappa shape index (κ1) is 12.8. The van der Waals surface area contributed by atoms with Crippen LogP contribution in [0, 0.1) is 0 Å². The van der Waals surface area contributed by atoms with Gasteiger partial charge in [0, 0.05) is 31.4 Å². The van der Waals surface area contributed by atoms with Gasteiger partial charge in [0.25, 0.3) is 0 Å². The van der Waals surface area contributed by atoms with Gasteiger partial charge >= 0.3 is 0 Å². The van der Waals surface area contributed by atoms with Gasteiger partial charge in [0.2, 0.25) is 16.0 Å². The van der Waals surface area contributed by atoms with Crippen LogP contribution in [0.5, 0.6) is 0 Å². The lowest BCUT2D eigenvalue weighted by molar-refractivity contribution is 0.122. The standard InChI is InChI=1S/C11H16N4O3S/c1-19(16,17)15-7-9-6-12-11(13-10(9)8-15)14-2-4-18-5-3-14/h6H,2-5,7-8H2,1H3. The molecule has 3 rings (SSSR count). The van der Waals surface area contributed by atoms with Gasteiger partial charge in [-0.3, -0.25) is 0 Å². The molecule has 0 bridgehead atoms. The normalized spacial score (nSPS) is 20.6. The molecule has 19 heavy (non-hydrogen) atoms. The van der Waals surface area contributed by atoms with Crippen molar-refractivity contribution in [1.82, 2.24) is 14.3 Å². The monoisotopic (exact) mass is 284 g/mol. The Labute approximate surface area is 112 Å². The topological polar surface area (TPSA) is 75.6 Å². The van der Waals surface area contributed by atoms with E-state index in [2.05, 4.69) is 14.9 Å². The summed E-state index contributed by atoms with van der Waals surface area (Å²) in [6.45, 7) is 3.61. The van der Waals surface area contributed by atoms with Crippen molar-refractivity contribution in [1.29, 1.82) is 0 Å². The summed E-state index contributed by atoms with van der Waals surface area (Å²) in [5.74, 6) is 0.664. The third kappa shape index (κ3) is 2.56. The van der Waals surface area contributed by atoms with Crippen molar-refractivity contribution in [3.63, 3.8) is 0 Å². The lowest BCUT2D eigenvalue weighted by Gasteiger charge is -2.26. The van der Waals surface area contributed by atoms with Crippen LogP contribution in [0.3, 0.4) is 0 Å². The lowest BCUT2D eigenvalue weighted by Crippen LogP contribution is -2.37. The Balaban J connectivity index is 1.83. The second-order valence-corrected chi connectivity index (χ2v) is 6.75. The number of hydrogen-bond acceptors (Lipinski definition) is 6. The molecule has 1 saturated heterocycles. The highest BCUT2D eigenvalue weighted by Gasteiger charge is 2.28. The molecule has 0 saturated carbocycles. The van der Waals surface area contributed by atoms with Crippen LogP contribution in [-0.4, -0.2) is 55.3 Å². The lowest BCUT2D eigenvalue weighted by atomic mass is 10.3. The zero-order valence-corrected chi connectivity index (χ0v) is 11.6. The summed E-state index contributed by atoms with van der Waals surface area (Å²) in [5.41, 5.74) is 1.70. The zero-order chi connectivity index (χ0) is 13.5. The molecule has 0 radical (unpaired) electrons. The Kier molecular flexibility index (Phi) is 3.15. The van der Waals surface area contributed by atoms with Gasteiger partial charge in [0.1, 0.15) is 0 Å². The number of fused-ring (bicyclic) bond motifs is 1. The van der Waals surface area contributed by atoms with Crippen LogP contribution in [0.1, 0.15) is 11.3 Å². The highest BCUT2D eigenvalue weighted by molar-refractivity contribution is 7.88. The summed E-state index contributed by atoms with van der Waals surface area (Å²) in [6, 6.07) is 0. The molecule has 0 aliphatic carbocycles. The Morgan fingerprint density at radius 3 is 2.68 bits per heavy atom. The average Bonchev–Trinajstić information content (AvgIpc) is 2.82. The van der Waals surface area contributed by atoms with E-state index in [1.165, 1.54) is 10.6 Å². The van der Waals surface area contributed by atoms with Crippen molar-refractivity contribution in [3.05, 3.63) is 17.5 Å². The van der Waals surface area contributed by atoms with Crippen LogP contribution >= 0.6 is 0 Å². The molecule has 0 amide bonds. The minimum atomic E-state index is -3.18. The molecule has 1 aromatic heterocycles. The van der Waals surface area contributed by atoms with Gasteiger partial charge in [-0.05, 0) is 0 Å². The summed E-state index contributed by atoms with van der Waals surface area (Å²) >= 11 is 0. The van der Waals surface area contributed by atoms with Gasteiger partial charge in [-0.2, -0.15) is 4.31 Å². The molecular weight excluding hydrogens is 268 g/mol. The van der Waals surface area contributed by atoms with Crippen LogP contribution in [-0.2, 0) is 27.8 Å². The largest absolute Gasteiger partial charge is 0.378 e. The predicted octanol–water partition coefficient (Wildman–Crippen LogP) is -0.412. The van der Waals surface area contributed by atoms with Crippen molar-refractivity contribution in [3.8, 4) is 0 Å². The van der Waals surface area contributed by atoms with Gasteiger partial charge in [-0.25, -0.2) is 18.4 Å². The van der Waals surface area contributed by atoms with E-state index in [0.29, 0.717) is 32.3 Å². The maximum Gasteiger partial charge on any atom is 0.225 e. The molecule has 1 fully saturated rings. The Morgan fingerprint density at radius 2 is 2.00 bits per heavy atom. The van der Waals surface area contributed by atoms with Gasteiger partial charge in [0.15, 0.2) is 0 Å². The molecule has 2 aliphatic rings. The number of ether oxygens (including phenoxy) is 1. The van der Waals surface area contributed by atoms with E-state index in [4.69, 9.17) is 4.74 Å². The van der Waals surface area contributed by atoms with Crippen molar-refractivity contribution in [2.45, 2.75) is 13.1 Å². The summed E-state index contributed by atoms with van der Waals surface area (Å²) in [6.07, 6.45) is 2.95. The predicted molar refractivity (Wildman–Crippen MR) is 69.2 cm³/mol.